The van der Waals surface area contributed by atoms with Crippen LogP contribution < -0.4 is 4.90 Å². The van der Waals surface area contributed by atoms with Gasteiger partial charge in [-0.3, -0.25) is 9.59 Å². The highest BCUT2D eigenvalue weighted by atomic mass is 35.5. The molecule has 3 saturated heterocycles. The van der Waals surface area contributed by atoms with Gasteiger partial charge in [-0.1, -0.05) is 11.6 Å². The van der Waals surface area contributed by atoms with Crippen LogP contribution in [0.3, 0.4) is 0 Å². The van der Waals surface area contributed by atoms with Crippen LogP contribution in [0.1, 0.15) is 19.3 Å². The summed E-state index contributed by atoms with van der Waals surface area (Å²) in [5, 5.41) is 0.600. The van der Waals surface area contributed by atoms with Crippen LogP contribution in [0.5, 0.6) is 0 Å². The summed E-state index contributed by atoms with van der Waals surface area (Å²) in [5.74, 6) is -0.418. The Hall–Kier alpha value is -2.08. The minimum atomic E-state index is -0.684. The number of anilines is 1. The quantitative estimate of drug-likeness (QED) is 0.776. The maximum Gasteiger partial charge on any atom is 0.328 e. The molecule has 0 N–H and O–H groups in total. The number of urea groups is 1. The van der Waals surface area contributed by atoms with E-state index < -0.39 is 6.04 Å². The third-order valence-corrected chi connectivity index (χ3v) is 5.11. The molecular weight excluding hydrogens is 318 g/mol. The van der Waals surface area contributed by atoms with Crippen LogP contribution in [0.15, 0.2) is 24.3 Å². The van der Waals surface area contributed by atoms with Crippen molar-refractivity contribution in [2.45, 2.75) is 31.3 Å². The molecule has 3 heterocycles. The first-order valence-corrected chi connectivity index (χ1v) is 8.16. The van der Waals surface area contributed by atoms with E-state index >= 15 is 0 Å². The Morgan fingerprint density at radius 3 is 2.35 bits per heavy atom. The summed E-state index contributed by atoms with van der Waals surface area (Å²) in [6, 6.07) is 5.63. The minimum Gasteiger partial charge on any atom is -0.312 e. The van der Waals surface area contributed by atoms with Crippen molar-refractivity contribution in [3.05, 3.63) is 29.3 Å². The van der Waals surface area contributed by atoms with Crippen LogP contribution >= 0.6 is 11.6 Å². The molecule has 1 aromatic carbocycles. The zero-order valence-electron chi connectivity index (χ0n) is 12.4. The number of carbonyl (C=O) groups is 3. The molecule has 3 aliphatic rings. The molecule has 0 aliphatic carbocycles. The summed E-state index contributed by atoms with van der Waals surface area (Å²) in [5.41, 5.74) is 0.737. The third kappa shape index (κ3) is 2.12. The van der Waals surface area contributed by atoms with E-state index in [4.69, 9.17) is 11.6 Å². The number of nitrogens with zero attached hydrogens (tertiary/aromatic N) is 3. The Morgan fingerprint density at radius 1 is 0.913 bits per heavy atom. The fraction of sp³-hybridized carbons (Fsp3) is 0.438. The monoisotopic (exact) mass is 333 g/mol. The van der Waals surface area contributed by atoms with E-state index in [9.17, 15) is 14.4 Å². The zero-order valence-corrected chi connectivity index (χ0v) is 13.2. The Morgan fingerprint density at radius 2 is 1.65 bits per heavy atom. The summed E-state index contributed by atoms with van der Waals surface area (Å²) in [6.45, 7) is 1.10. The van der Waals surface area contributed by atoms with E-state index in [1.54, 1.807) is 34.1 Å². The van der Waals surface area contributed by atoms with Crippen molar-refractivity contribution < 1.29 is 14.4 Å². The number of amides is 4. The molecule has 2 atom stereocenters. The molecule has 1 aromatic rings. The number of halogens is 1. The van der Waals surface area contributed by atoms with Gasteiger partial charge in [-0.05, 0) is 43.5 Å². The molecule has 3 aliphatic heterocycles. The lowest BCUT2D eigenvalue weighted by atomic mass is 10.1. The van der Waals surface area contributed by atoms with Gasteiger partial charge in [0.2, 0.25) is 5.91 Å². The number of carbonyl (C=O) groups excluding carboxylic acids is 3. The highest BCUT2D eigenvalue weighted by Gasteiger charge is 2.53. The molecule has 120 valence electrons. The molecule has 7 heteroatoms. The summed E-state index contributed by atoms with van der Waals surface area (Å²) >= 11 is 5.87. The molecular formula is C16H16ClN3O3. The summed E-state index contributed by atoms with van der Waals surface area (Å²) in [7, 11) is 0. The molecule has 0 bridgehead atoms. The fourth-order valence-corrected chi connectivity index (χ4v) is 3.84. The van der Waals surface area contributed by atoms with Crippen molar-refractivity contribution in [2.75, 3.05) is 18.0 Å². The summed E-state index contributed by atoms with van der Waals surface area (Å²) < 4.78 is 0. The molecule has 0 aromatic heterocycles. The number of fused-ring (bicyclic) bond motifs is 1. The Bertz CT molecular complexity index is 668. The molecule has 0 spiro atoms. The first-order valence-electron chi connectivity index (χ1n) is 7.78. The molecule has 23 heavy (non-hydrogen) atoms. The zero-order chi connectivity index (χ0) is 16.1. The minimum absolute atomic E-state index is 0.199. The van der Waals surface area contributed by atoms with Gasteiger partial charge in [0.05, 0.1) is 0 Å². The van der Waals surface area contributed by atoms with E-state index in [-0.39, 0.29) is 23.9 Å². The smallest absolute Gasteiger partial charge is 0.312 e. The van der Waals surface area contributed by atoms with Crippen LogP contribution in [0.4, 0.5) is 10.5 Å². The van der Waals surface area contributed by atoms with Crippen LogP contribution in [-0.2, 0) is 9.59 Å². The van der Waals surface area contributed by atoms with Gasteiger partial charge in [0.25, 0.3) is 5.91 Å². The fourth-order valence-electron chi connectivity index (χ4n) is 3.71. The third-order valence-electron chi connectivity index (χ3n) is 4.85. The van der Waals surface area contributed by atoms with Gasteiger partial charge >= 0.3 is 6.03 Å². The molecule has 0 radical (unpaired) electrons. The van der Waals surface area contributed by atoms with E-state index in [1.807, 2.05) is 0 Å². The standard InChI is InChI=1S/C16H16ClN3O3/c17-10-3-5-11(6-4-10)18-9-7-13(14(18)21)20-15(22)12-2-1-8-19(12)16(20)23/h3-6,12-13H,1-2,7-9H2. The second kappa shape index (κ2) is 5.23. The Kier molecular flexibility index (Phi) is 3.30. The van der Waals surface area contributed by atoms with Crippen molar-refractivity contribution >= 4 is 35.1 Å². The van der Waals surface area contributed by atoms with Crippen LogP contribution in [0.25, 0.3) is 0 Å². The molecule has 0 saturated carbocycles. The molecule has 4 rings (SSSR count). The summed E-state index contributed by atoms with van der Waals surface area (Å²) in [4.78, 5) is 42.1. The van der Waals surface area contributed by atoms with Crippen LogP contribution in [0, 0.1) is 0 Å². The lowest BCUT2D eigenvalue weighted by molar-refractivity contribution is -0.133. The van der Waals surface area contributed by atoms with E-state index in [0.29, 0.717) is 31.0 Å². The SMILES string of the molecule is O=C1C(N2C(=O)C3CCCN3C2=O)CCN1c1ccc(Cl)cc1. The first kappa shape index (κ1) is 14.5. The van der Waals surface area contributed by atoms with Crippen molar-refractivity contribution in [2.24, 2.45) is 0 Å². The normalized spacial score (nSPS) is 27.3. The number of hydrogen-bond donors (Lipinski definition) is 0. The number of benzene rings is 1. The van der Waals surface area contributed by atoms with Gasteiger partial charge in [0.1, 0.15) is 12.1 Å². The van der Waals surface area contributed by atoms with Gasteiger partial charge in [0, 0.05) is 23.8 Å². The predicted octanol–water partition coefficient (Wildman–Crippen LogP) is 1.87. The second-order valence-electron chi connectivity index (χ2n) is 6.11. The molecule has 2 unspecified atom stereocenters. The molecule has 6 nitrogen and oxygen atoms in total. The van der Waals surface area contributed by atoms with Gasteiger partial charge in [-0.15, -0.1) is 0 Å². The Balaban J connectivity index is 1.57. The van der Waals surface area contributed by atoms with Crippen LogP contribution in [0.2, 0.25) is 5.02 Å². The lowest BCUT2D eigenvalue weighted by Gasteiger charge is -2.22. The highest BCUT2D eigenvalue weighted by molar-refractivity contribution is 6.30. The Labute approximate surface area is 138 Å². The van der Waals surface area contributed by atoms with E-state index in [2.05, 4.69) is 0 Å². The van der Waals surface area contributed by atoms with Gasteiger partial charge in [-0.2, -0.15) is 0 Å². The first-order chi connectivity index (χ1) is 11.1. The summed E-state index contributed by atoms with van der Waals surface area (Å²) in [6.07, 6.45) is 2.02. The van der Waals surface area contributed by atoms with Crippen molar-refractivity contribution in [3.8, 4) is 0 Å². The maximum atomic E-state index is 12.7. The van der Waals surface area contributed by atoms with Crippen LogP contribution in [-0.4, -0.2) is 52.8 Å². The van der Waals surface area contributed by atoms with Gasteiger partial charge in [-0.25, -0.2) is 9.69 Å². The van der Waals surface area contributed by atoms with Crippen molar-refractivity contribution in [3.63, 3.8) is 0 Å². The lowest BCUT2D eigenvalue weighted by Crippen LogP contribution is -2.46. The number of rotatable bonds is 2. The van der Waals surface area contributed by atoms with Crippen molar-refractivity contribution in [1.82, 2.24) is 9.80 Å². The topological polar surface area (TPSA) is 60.9 Å². The van der Waals surface area contributed by atoms with Gasteiger partial charge < -0.3 is 9.80 Å². The average Bonchev–Trinajstić information content (AvgIpc) is 3.20. The average molecular weight is 334 g/mol. The molecule has 3 fully saturated rings. The largest absolute Gasteiger partial charge is 0.328 e. The number of imide groups is 1. The highest BCUT2D eigenvalue weighted by Crippen LogP contribution is 2.33. The van der Waals surface area contributed by atoms with E-state index in [0.717, 1.165) is 12.1 Å². The number of hydrogen-bond acceptors (Lipinski definition) is 3. The predicted molar refractivity (Wildman–Crippen MR) is 84.2 cm³/mol. The maximum absolute atomic E-state index is 12.7. The van der Waals surface area contributed by atoms with Gasteiger partial charge in [0.15, 0.2) is 0 Å². The molecule has 4 amide bonds. The van der Waals surface area contributed by atoms with Crippen molar-refractivity contribution in [1.29, 1.82) is 0 Å². The second-order valence-corrected chi connectivity index (χ2v) is 6.55. The van der Waals surface area contributed by atoms with E-state index in [1.165, 1.54) is 4.90 Å².